The SMILES string of the molecule is c1cc(-c2ccc(-c3cnc([C@@H]4CCCN4)[nH]3)c3c2C2CCC3C2)ccc1-c1ccc2nc([C@@H]3CCCN3)[nH]c2c1. The van der Waals surface area contributed by atoms with Crippen LogP contribution in [0.4, 0.5) is 0 Å². The average molecular weight is 541 g/mol. The molecule has 4 atom stereocenters. The predicted octanol–water partition coefficient (Wildman–Crippen LogP) is 7.50. The van der Waals surface area contributed by atoms with Crippen molar-refractivity contribution in [3.63, 3.8) is 0 Å². The number of aromatic amines is 2. The minimum absolute atomic E-state index is 0.355. The van der Waals surface area contributed by atoms with Crippen molar-refractivity contribution in [3.05, 3.63) is 83.6 Å². The lowest BCUT2D eigenvalue weighted by Gasteiger charge is -2.22. The Morgan fingerprint density at radius 3 is 2.07 bits per heavy atom. The van der Waals surface area contributed by atoms with Crippen LogP contribution >= 0.6 is 0 Å². The van der Waals surface area contributed by atoms with Crippen LogP contribution in [0.2, 0.25) is 0 Å². The Bertz CT molecular complexity index is 1750. The summed E-state index contributed by atoms with van der Waals surface area (Å²) in [6, 6.07) is 21.3. The van der Waals surface area contributed by atoms with Gasteiger partial charge in [-0.2, -0.15) is 0 Å². The van der Waals surface area contributed by atoms with Crippen LogP contribution < -0.4 is 10.6 Å². The molecule has 0 spiro atoms. The van der Waals surface area contributed by atoms with Gasteiger partial charge in [-0.1, -0.05) is 42.5 Å². The molecule has 1 saturated carbocycles. The summed E-state index contributed by atoms with van der Waals surface area (Å²) < 4.78 is 0. The molecular formula is C35H36N6. The van der Waals surface area contributed by atoms with Crippen molar-refractivity contribution < 1.29 is 0 Å². The highest BCUT2D eigenvalue weighted by molar-refractivity contribution is 5.84. The second-order valence-corrected chi connectivity index (χ2v) is 12.6. The van der Waals surface area contributed by atoms with Gasteiger partial charge in [0.2, 0.25) is 0 Å². The van der Waals surface area contributed by atoms with Crippen LogP contribution in [0.5, 0.6) is 0 Å². The van der Waals surface area contributed by atoms with Gasteiger partial charge in [-0.25, -0.2) is 9.97 Å². The Morgan fingerprint density at radius 1 is 0.634 bits per heavy atom. The first-order valence-corrected chi connectivity index (χ1v) is 15.6. The van der Waals surface area contributed by atoms with Gasteiger partial charge < -0.3 is 20.6 Å². The molecule has 206 valence electrons. The number of hydrogen-bond donors (Lipinski definition) is 4. The van der Waals surface area contributed by atoms with E-state index in [1.165, 1.54) is 72.0 Å². The molecule has 2 bridgehead atoms. The van der Waals surface area contributed by atoms with Crippen LogP contribution in [0.25, 0.3) is 44.5 Å². The summed E-state index contributed by atoms with van der Waals surface area (Å²) in [4.78, 5) is 16.9. The van der Waals surface area contributed by atoms with E-state index in [0.717, 1.165) is 42.2 Å². The first-order chi connectivity index (χ1) is 20.3. The highest BCUT2D eigenvalue weighted by atomic mass is 15.0. The third-order valence-electron chi connectivity index (χ3n) is 10.2. The fourth-order valence-electron chi connectivity index (χ4n) is 8.21. The number of hydrogen-bond acceptors (Lipinski definition) is 4. The fourth-order valence-corrected chi connectivity index (χ4v) is 8.21. The van der Waals surface area contributed by atoms with E-state index in [9.17, 15) is 0 Å². The molecule has 4 aliphatic rings. The molecular weight excluding hydrogens is 504 g/mol. The molecule has 5 aromatic rings. The maximum absolute atomic E-state index is 4.86. The van der Waals surface area contributed by atoms with Gasteiger partial charge in [0.25, 0.3) is 0 Å². The second-order valence-electron chi connectivity index (χ2n) is 12.6. The van der Waals surface area contributed by atoms with E-state index in [1.807, 2.05) is 0 Å². The van der Waals surface area contributed by atoms with E-state index in [1.54, 1.807) is 11.1 Å². The number of rotatable bonds is 5. The third-order valence-corrected chi connectivity index (χ3v) is 10.2. The summed E-state index contributed by atoms with van der Waals surface area (Å²) in [5.74, 6) is 3.51. The quantitative estimate of drug-likeness (QED) is 0.186. The Morgan fingerprint density at radius 2 is 1.32 bits per heavy atom. The van der Waals surface area contributed by atoms with Crippen molar-refractivity contribution in [3.8, 4) is 33.5 Å². The Balaban J connectivity index is 1.04. The number of nitrogens with one attached hydrogen (secondary N) is 4. The van der Waals surface area contributed by atoms with Crippen molar-refractivity contribution >= 4 is 11.0 Å². The lowest BCUT2D eigenvalue weighted by molar-refractivity contribution is 0.613. The van der Waals surface area contributed by atoms with Gasteiger partial charge in [0.1, 0.15) is 11.6 Å². The van der Waals surface area contributed by atoms with Crippen LogP contribution in [0.3, 0.4) is 0 Å². The molecule has 2 aliphatic heterocycles. The van der Waals surface area contributed by atoms with Gasteiger partial charge in [0, 0.05) is 5.56 Å². The van der Waals surface area contributed by atoms with Crippen LogP contribution in [0.15, 0.2) is 60.8 Å². The lowest BCUT2D eigenvalue weighted by atomic mass is 9.82. The summed E-state index contributed by atoms with van der Waals surface area (Å²) >= 11 is 0. The minimum Gasteiger partial charge on any atom is -0.341 e. The van der Waals surface area contributed by atoms with Gasteiger partial charge in [-0.05, 0) is 115 Å². The molecule has 4 heterocycles. The number of nitrogens with zero attached hydrogens (tertiary/aromatic N) is 2. The van der Waals surface area contributed by atoms with Gasteiger partial charge in [-0.15, -0.1) is 0 Å². The minimum atomic E-state index is 0.355. The smallest absolute Gasteiger partial charge is 0.124 e. The van der Waals surface area contributed by atoms with E-state index in [4.69, 9.17) is 9.97 Å². The zero-order valence-electron chi connectivity index (χ0n) is 23.3. The van der Waals surface area contributed by atoms with Crippen LogP contribution in [-0.2, 0) is 0 Å². The molecule has 9 rings (SSSR count). The van der Waals surface area contributed by atoms with E-state index in [2.05, 4.69) is 81.4 Å². The number of aromatic nitrogens is 4. The summed E-state index contributed by atoms with van der Waals surface area (Å²) in [5.41, 5.74) is 13.1. The normalized spacial score (nSPS) is 25.0. The lowest BCUT2D eigenvalue weighted by Crippen LogP contribution is -2.14. The molecule has 6 nitrogen and oxygen atoms in total. The molecule has 6 heteroatoms. The Kier molecular flexibility index (Phi) is 5.48. The largest absolute Gasteiger partial charge is 0.341 e. The predicted molar refractivity (Wildman–Crippen MR) is 164 cm³/mol. The van der Waals surface area contributed by atoms with Crippen molar-refractivity contribution in [1.82, 2.24) is 30.6 Å². The molecule has 0 radical (unpaired) electrons. The van der Waals surface area contributed by atoms with Crippen LogP contribution in [0.1, 0.15) is 91.6 Å². The molecule has 0 amide bonds. The molecule has 3 fully saturated rings. The van der Waals surface area contributed by atoms with Crippen molar-refractivity contribution in [2.75, 3.05) is 13.1 Å². The first kappa shape index (κ1) is 23.9. The van der Waals surface area contributed by atoms with E-state index >= 15 is 0 Å². The topological polar surface area (TPSA) is 81.4 Å². The van der Waals surface area contributed by atoms with E-state index in [0.29, 0.717) is 23.9 Å². The van der Waals surface area contributed by atoms with Gasteiger partial charge >= 0.3 is 0 Å². The molecule has 2 aromatic heterocycles. The highest BCUT2D eigenvalue weighted by Crippen LogP contribution is 2.58. The zero-order valence-corrected chi connectivity index (χ0v) is 23.3. The van der Waals surface area contributed by atoms with Crippen molar-refractivity contribution in [2.24, 2.45) is 0 Å². The van der Waals surface area contributed by atoms with E-state index in [-0.39, 0.29) is 0 Å². The molecule has 4 N–H and O–H groups in total. The molecule has 2 saturated heterocycles. The maximum Gasteiger partial charge on any atom is 0.124 e. The Hall–Kier alpha value is -3.74. The zero-order chi connectivity index (χ0) is 26.9. The molecule has 2 unspecified atom stereocenters. The summed E-state index contributed by atoms with van der Waals surface area (Å²) in [5, 5.41) is 7.14. The molecule has 3 aromatic carbocycles. The van der Waals surface area contributed by atoms with Crippen LogP contribution in [-0.4, -0.2) is 33.0 Å². The number of fused-ring (bicyclic) bond motifs is 6. The summed E-state index contributed by atoms with van der Waals surface area (Å²) in [6.07, 6.45) is 10.8. The number of imidazole rings is 2. The number of H-pyrrole nitrogens is 2. The number of benzene rings is 3. The van der Waals surface area contributed by atoms with Gasteiger partial charge in [0.15, 0.2) is 0 Å². The highest BCUT2D eigenvalue weighted by Gasteiger charge is 2.40. The average Bonchev–Trinajstić information content (AvgIpc) is 3.86. The first-order valence-electron chi connectivity index (χ1n) is 15.6. The van der Waals surface area contributed by atoms with Crippen molar-refractivity contribution in [2.45, 2.75) is 68.9 Å². The third kappa shape index (κ3) is 3.92. The van der Waals surface area contributed by atoms with E-state index < -0.39 is 0 Å². The van der Waals surface area contributed by atoms with Gasteiger partial charge in [-0.3, -0.25) is 0 Å². The molecule has 41 heavy (non-hydrogen) atoms. The standard InChI is InChI=1S/C35H36N6/c1-3-28(36-15-1)34-38-19-31(41-34)26-13-12-25(32-23-9-10-24(17-23)33(26)32)21-7-5-20(6-8-21)22-11-14-27-30(18-22)40-35(39-27)29-4-2-16-37-29/h5-8,11-14,18-19,23-24,28-29,36-37H,1-4,9-10,15-17H2,(H,38,41)(H,39,40)/t23?,24?,28-,29-/m0/s1. The van der Waals surface area contributed by atoms with Gasteiger partial charge in [0.05, 0.1) is 35.0 Å². The monoisotopic (exact) mass is 540 g/mol. The maximum atomic E-state index is 4.86. The second kappa shape index (κ2) is 9.40. The summed E-state index contributed by atoms with van der Waals surface area (Å²) in [7, 11) is 0. The summed E-state index contributed by atoms with van der Waals surface area (Å²) in [6.45, 7) is 2.17. The van der Waals surface area contributed by atoms with Crippen molar-refractivity contribution in [1.29, 1.82) is 0 Å². The fraction of sp³-hybridized carbons (Fsp3) is 0.371. The molecule has 2 aliphatic carbocycles. The van der Waals surface area contributed by atoms with Crippen LogP contribution in [0, 0.1) is 0 Å². The Labute approximate surface area is 240 Å².